The zero-order valence-electron chi connectivity index (χ0n) is 15.4. The summed E-state index contributed by atoms with van der Waals surface area (Å²) in [6.07, 6.45) is 5.15. The molecule has 138 valence electrons. The van der Waals surface area contributed by atoms with Crippen LogP contribution < -0.4 is 19.4 Å². The van der Waals surface area contributed by atoms with E-state index >= 15 is 0 Å². The van der Waals surface area contributed by atoms with E-state index in [0.717, 1.165) is 37.4 Å². The second kappa shape index (κ2) is 8.68. The molecule has 0 radical (unpaired) electrons. The van der Waals surface area contributed by atoms with Crippen molar-refractivity contribution in [2.45, 2.75) is 6.04 Å². The van der Waals surface area contributed by atoms with Gasteiger partial charge < -0.3 is 14.7 Å². The van der Waals surface area contributed by atoms with Gasteiger partial charge in [-0.2, -0.15) is 0 Å². The maximum atomic E-state index is 12.0. The first-order valence-corrected chi connectivity index (χ1v) is 10.3. The molecular formula is C18H30N4O2S+2. The van der Waals surface area contributed by atoms with Gasteiger partial charge >= 0.3 is 0 Å². The van der Waals surface area contributed by atoms with Gasteiger partial charge in [-0.15, -0.1) is 6.42 Å². The molecule has 0 amide bonds. The molecule has 1 aromatic rings. The lowest BCUT2D eigenvalue weighted by atomic mass is 10.0. The number of sulfonamides is 1. The number of nitrogens with zero attached hydrogens (tertiary/aromatic N) is 1. The minimum atomic E-state index is -3.42. The number of quaternary nitrogens is 2. The summed E-state index contributed by atoms with van der Waals surface area (Å²) in [5.74, 6) is 1.93. The van der Waals surface area contributed by atoms with Crippen LogP contribution >= 0.6 is 0 Å². The van der Waals surface area contributed by atoms with Crippen LogP contribution in [0.4, 0.5) is 5.69 Å². The third-order valence-corrected chi connectivity index (χ3v) is 5.98. The van der Waals surface area contributed by atoms with Gasteiger partial charge in [0.1, 0.15) is 38.0 Å². The van der Waals surface area contributed by atoms with Crippen LogP contribution in [0.5, 0.6) is 0 Å². The molecule has 0 spiro atoms. The van der Waals surface area contributed by atoms with Gasteiger partial charge in [-0.25, -0.2) is 13.1 Å². The maximum Gasteiger partial charge on any atom is 0.223 e. The predicted octanol–water partition coefficient (Wildman–Crippen LogP) is -2.24. The van der Waals surface area contributed by atoms with Gasteiger partial charge in [-0.3, -0.25) is 0 Å². The van der Waals surface area contributed by atoms with Crippen LogP contribution in [0.15, 0.2) is 24.3 Å². The summed E-state index contributed by atoms with van der Waals surface area (Å²) in [5.41, 5.74) is 2.29. The van der Waals surface area contributed by atoms with Crippen molar-refractivity contribution in [2.24, 2.45) is 0 Å². The molecule has 1 aliphatic heterocycles. The molecule has 1 saturated heterocycles. The number of anilines is 1. The quantitative estimate of drug-likeness (QED) is 0.479. The smallest absolute Gasteiger partial charge is 0.223 e. The normalized spacial score (nSPS) is 22.2. The average molecular weight is 367 g/mol. The van der Waals surface area contributed by atoms with Crippen LogP contribution in [0.1, 0.15) is 11.6 Å². The summed E-state index contributed by atoms with van der Waals surface area (Å²) in [5, 5.41) is 0. The van der Waals surface area contributed by atoms with Crippen LogP contribution in [-0.4, -0.2) is 68.0 Å². The molecule has 6 nitrogen and oxygen atoms in total. The molecule has 7 heteroatoms. The highest BCUT2D eigenvalue weighted by molar-refractivity contribution is 7.89. The van der Waals surface area contributed by atoms with Crippen LogP contribution in [0.2, 0.25) is 0 Å². The zero-order valence-corrected chi connectivity index (χ0v) is 16.2. The van der Waals surface area contributed by atoms with Crippen molar-refractivity contribution in [1.82, 2.24) is 4.72 Å². The first-order chi connectivity index (χ1) is 11.8. The van der Waals surface area contributed by atoms with Crippen molar-refractivity contribution in [1.29, 1.82) is 0 Å². The minimum Gasteiger partial charge on any atom is -0.378 e. The highest BCUT2D eigenvalue weighted by Gasteiger charge is 2.30. The molecule has 1 fully saturated rings. The van der Waals surface area contributed by atoms with E-state index < -0.39 is 10.0 Å². The van der Waals surface area contributed by atoms with E-state index in [0.29, 0.717) is 6.54 Å². The van der Waals surface area contributed by atoms with Crippen molar-refractivity contribution < 1.29 is 18.2 Å². The second-order valence-electron chi connectivity index (χ2n) is 6.97. The molecule has 0 saturated carbocycles. The summed E-state index contributed by atoms with van der Waals surface area (Å²) < 4.78 is 26.6. The SMILES string of the molecule is C#CCS(=O)(=O)NC[C@@H](c1ccc(N(C)C)cc1)[NH+]1CC[NH+](C)CC1. The van der Waals surface area contributed by atoms with Crippen molar-refractivity contribution in [3.8, 4) is 12.3 Å². The molecule has 2 rings (SSSR count). The Morgan fingerprint density at radius 1 is 1.20 bits per heavy atom. The largest absolute Gasteiger partial charge is 0.378 e. The van der Waals surface area contributed by atoms with Crippen LogP contribution in [-0.2, 0) is 10.0 Å². The zero-order chi connectivity index (χ0) is 18.4. The Bertz CT molecular complexity index is 687. The Balaban J connectivity index is 2.18. The highest BCUT2D eigenvalue weighted by Crippen LogP contribution is 2.16. The van der Waals surface area contributed by atoms with Crippen molar-refractivity contribution in [2.75, 3.05) is 64.5 Å². The third-order valence-electron chi connectivity index (χ3n) is 4.83. The summed E-state index contributed by atoms with van der Waals surface area (Å²) in [4.78, 5) is 5.01. The van der Waals surface area contributed by atoms with Gasteiger partial charge in [-0.05, 0) is 12.1 Å². The van der Waals surface area contributed by atoms with E-state index in [1.807, 2.05) is 14.1 Å². The Labute approximate surface area is 151 Å². The summed E-state index contributed by atoms with van der Waals surface area (Å²) in [7, 11) is 2.80. The fourth-order valence-corrected chi connectivity index (χ4v) is 3.96. The molecular weight excluding hydrogens is 336 g/mol. The first-order valence-electron chi connectivity index (χ1n) is 8.66. The van der Waals surface area contributed by atoms with Gasteiger partial charge in [0.25, 0.3) is 0 Å². The monoisotopic (exact) mass is 366 g/mol. The van der Waals surface area contributed by atoms with Crippen LogP contribution in [0, 0.1) is 12.3 Å². The molecule has 0 bridgehead atoms. The van der Waals surface area contributed by atoms with E-state index in [1.165, 1.54) is 9.80 Å². The number of likely N-dealkylation sites (N-methyl/N-ethyl adjacent to an activating group) is 1. The Morgan fingerprint density at radius 3 is 2.32 bits per heavy atom. The summed E-state index contributed by atoms with van der Waals surface area (Å²) in [6, 6.07) is 8.47. The lowest BCUT2D eigenvalue weighted by molar-refractivity contribution is -1.02. The number of nitrogens with one attached hydrogen (secondary N) is 3. The molecule has 0 aliphatic carbocycles. The molecule has 1 aliphatic rings. The lowest BCUT2D eigenvalue weighted by Crippen LogP contribution is -3.27. The van der Waals surface area contributed by atoms with Gasteiger partial charge in [-0.1, -0.05) is 18.1 Å². The molecule has 1 atom stereocenters. The van der Waals surface area contributed by atoms with Crippen molar-refractivity contribution in [3.63, 3.8) is 0 Å². The number of piperazine rings is 1. The first kappa shape index (κ1) is 19.7. The standard InChI is InChI=1S/C18H28N4O2S/c1-5-14-25(23,24)19-15-18(22-12-10-21(4)11-13-22)16-6-8-17(9-7-16)20(2)3/h1,6-9,18-19H,10-15H2,2-4H3/p+2/t18-/m0/s1. The van der Waals surface area contributed by atoms with Crippen molar-refractivity contribution >= 4 is 15.7 Å². The summed E-state index contributed by atoms with van der Waals surface area (Å²) >= 11 is 0. The molecule has 1 heterocycles. The van der Waals surface area contributed by atoms with Gasteiger partial charge in [0.15, 0.2) is 0 Å². The Hall–Kier alpha value is -1.59. The fourth-order valence-electron chi connectivity index (χ4n) is 3.22. The molecule has 25 heavy (non-hydrogen) atoms. The molecule has 0 unspecified atom stereocenters. The second-order valence-corrected chi connectivity index (χ2v) is 8.77. The van der Waals surface area contributed by atoms with E-state index in [4.69, 9.17) is 6.42 Å². The highest BCUT2D eigenvalue weighted by atomic mass is 32.2. The van der Waals surface area contributed by atoms with Crippen molar-refractivity contribution in [3.05, 3.63) is 29.8 Å². The topological polar surface area (TPSA) is 58.3 Å². The van der Waals surface area contributed by atoms with Crippen LogP contribution in [0.25, 0.3) is 0 Å². The molecule has 3 N–H and O–H groups in total. The summed E-state index contributed by atoms with van der Waals surface area (Å²) in [6.45, 7) is 4.63. The minimum absolute atomic E-state index is 0.0943. The molecule has 0 aromatic heterocycles. The molecule has 1 aromatic carbocycles. The number of hydrogen-bond acceptors (Lipinski definition) is 3. The van der Waals surface area contributed by atoms with Gasteiger partial charge in [0.05, 0.1) is 13.6 Å². The Kier molecular flexibility index (Phi) is 6.85. The van der Waals surface area contributed by atoms with E-state index in [2.05, 4.69) is 46.9 Å². The average Bonchev–Trinajstić information content (AvgIpc) is 2.57. The predicted molar refractivity (Wildman–Crippen MR) is 101 cm³/mol. The van der Waals surface area contributed by atoms with Gasteiger partial charge in [0, 0.05) is 25.3 Å². The number of benzene rings is 1. The number of terminal acetylenes is 1. The fraction of sp³-hybridized carbons (Fsp3) is 0.556. The number of rotatable bonds is 7. The Morgan fingerprint density at radius 2 is 1.80 bits per heavy atom. The lowest BCUT2D eigenvalue weighted by Gasteiger charge is -2.33. The number of hydrogen-bond donors (Lipinski definition) is 3. The van der Waals surface area contributed by atoms with Crippen LogP contribution in [0.3, 0.4) is 0 Å². The third kappa shape index (κ3) is 5.72. The van der Waals surface area contributed by atoms with Gasteiger partial charge in [0.2, 0.25) is 10.0 Å². The van der Waals surface area contributed by atoms with E-state index in [1.54, 1.807) is 0 Å². The maximum absolute atomic E-state index is 12.0. The van der Waals surface area contributed by atoms with E-state index in [-0.39, 0.29) is 11.8 Å². The van der Waals surface area contributed by atoms with E-state index in [9.17, 15) is 8.42 Å².